The lowest BCUT2D eigenvalue weighted by molar-refractivity contribution is -0.139. The summed E-state index contributed by atoms with van der Waals surface area (Å²) in [5, 5.41) is 2.99. The average molecular weight is 610 g/mol. The first-order chi connectivity index (χ1) is 20.5. The van der Waals surface area contributed by atoms with E-state index in [4.69, 9.17) is 9.47 Å². The molecule has 232 valence electrons. The van der Waals surface area contributed by atoms with E-state index in [1.807, 2.05) is 58.0 Å². The summed E-state index contributed by atoms with van der Waals surface area (Å²) in [4.78, 5) is 29.0. The third kappa shape index (κ3) is 8.50. The van der Waals surface area contributed by atoms with Crippen LogP contribution in [-0.4, -0.2) is 64.5 Å². The summed E-state index contributed by atoms with van der Waals surface area (Å²) in [6.45, 7) is 7.38. The number of rotatable bonds is 15. The molecule has 0 heterocycles. The molecular formula is C33H43N3O6S. The lowest BCUT2D eigenvalue weighted by atomic mass is 10.1. The summed E-state index contributed by atoms with van der Waals surface area (Å²) in [5.41, 5.74) is 2.27. The van der Waals surface area contributed by atoms with Crippen LogP contribution < -0.4 is 19.1 Å². The molecule has 0 aliphatic rings. The van der Waals surface area contributed by atoms with E-state index in [1.54, 1.807) is 24.3 Å². The number of aryl methyl sites for hydroxylation is 1. The first-order valence-electron chi connectivity index (χ1n) is 14.5. The van der Waals surface area contributed by atoms with E-state index in [-0.39, 0.29) is 29.1 Å². The Morgan fingerprint density at radius 2 is 1.53 bits per heavy atom. The van der Waals surface area contributed by atoms with Crippen LogP contribution in [0.1, 0.15) is 44.7 Å². The average Bonchev–Trinajstić information content (AvgIpc) is 3.02. The van der Waals surface area contributed by atoms with Crippen LogP contribution >= 0.6 is 0 Å². The molecule has 3 aromatic carbocycles. The highest BCUT2D eigenvalue weighted by Gasteiger charge is 2.34. The number of carbonyl (C=O) groups excluding carboxylic acids is 2. The Kier molecular flexibility index (Phi) is 12.0. The van der Waals surface area contributed by atoms with Crippen LogP contribution in [0.4, 0.5) is 5.69 Å². The van der Waals surface area contributed by atoms with Crippen molar-refractivity contribution in [2.45, 2.75) is 63.9 Å². The van der Waals surface area contributed by atoms with E-state index in [9.17, 15) is 18.0 Å². The number of carbonyl (C=O) groups is 2. The molecule has 0 bridgehead atoms. The molecular weight excluding hydrogens is 566 g/mol. The molecule has 1 N–H and O–H groups in total. The molecule has 3 aromatic rings. The normalized spacial score (nSPS) is 12.6. The largest absolute Gasteiger partial charge is 0.493 e. The van der Waals surface area contributed by atoms with Gasteiger partial charge in [-0.1, -0.05) is 61.9 Å². The fourth-order valence-electron chi connectivity index (χ4n) is 4.68. The summed E-state index contributed by atoms with van der Waals surface area (Å²) in [5.74, 6) is -0.116. The van der Waals surface area contributed by atoms with E-state index >= 15 is 0 Å². The third-order valence-electron chi connectivity index (χ3n) is 7.41. The highest BCUT2D eigenvalue weighted by molar-refractivity contribution is 7.92. The van der Waals surface area contributed by atoms with Crippen molar-refractivity contribution in [2.24, 2.45) is 0 Å². The minimum absolute atomic E-state index is 0.0593. The molecule has 2 atom stereocenters. The molecule has 0 aliphatic carbocycles. The van der Waals surface area contributed by atoms with Gasteiger partial charge in [-0.25, -0.2) is 8.42 Å². The van der Waals surface area contributed by atoms with Crippen molar-refractivity contribution in [3.05, 3.63) is 83.9 Å². The molecule has 3 rings (SSSR count). The van der Waals surface area contributed by atoms with Crippen LogP contribution in [-0.2, 0) is 26.0 Å². The van der Waals surface area contributed by atoms with Gasteiger partial charge < -0.3 is 19.7 Å². The molecule has 43 heavy (non-hydrogen) atoms. The maximum atomic E-state index is 14.2. The number of nitrogens with zero attached hydrogens (tertiary/aromatic N) is 2. The number of methoxy groups -OCH3 is 2. The van der Waals surface area contributed by atoms with Crippen LogP contribution in [0.25, 0.3) is 0 Å². The zero-order chi connectivity index (χ0) is 31.6. The first-order valence-corrected chi connectivity index (χ1v) is 15.9. The molecule has 0 saturated heterocycles. The van der Waals surface area contributed by atoms with Gasteiger partial charge in [0.15, 0.2) is 11.5 Å². The van der Waals surface area contributed by atoms with Gasteiger partial charge in [-0.05, 0) is 62.9 Å². The van der Waals surface area contributed by atoms with Crippen molar-refractivity contribution in [3.8, 4) is 11.5 Å². The minimum Gasteiger partial charge on any atom is -0.493 e. The molecule has 0 aliphatic heterocycles. The van der Waals surface area contributed by atoms with Crippen LogP contribution in [0, 0.1) is 6.92 Å². The number of hydrogen-bond donors (Lipinski definition) is 1. The Labute approximate surface area is 255 Å². The van der Waals surface area contributed by atoms with Gasteiger partial charge in [-0.15, -0.1) is 0 Å². The molecule has 10 heteroatoms. The van der Waals surface area contributed by atoms with Crippen LogP contribution in [0.5, 0.6) is 11.5 Å². The molecule has 2 amide bonds. The monoisotopic (exact) mass is 609 g/mol. The van der Waals surface area contributed by atoms with E-state index < -0.39 is 28.5 Å². The first kappa shape index (κ1) is 33.5. The predicted octanol–water partition coefficient (Wildman–Crippen LogP) is 4.97. The molecule has 9 nitrogen and oxygen atoms in total. The molecule has 0 spiro atoms. The molecule has 0 unspecified atom stereocenters. The molecule has 0 aromatic heterocycles. The summed E-state index contributed by atoms with van der Waals surface area (Å²) < 4.78 is 40.0. The van der Waals surface area contributed by atoms with E-state index in [2.05, 4.69) is 5.32 Å². The fraction of sp³-hybridized carbons (Fsp3) is 0.394. The van der Waals surface area contributed by atoms with Crippen molar-refractivity contribution in [1.82, 2.24) is 10.2 Å². The van der Waals surface area contributed by atoms with E-state index in [0.29, 0.717) is 24.3 Å². The van der Waals surface area contributed by atoms with Crippen LogP contribution in [0.3, 0.4) is 0 Å². The second kappa shape index (κ2) is 15.4. The molecule has 0 fully saturated rings. The summed E-state index contributed by atoms with van der Waals surface area (Å²) in [7, 11) is -1.35. The minimum atomic E-state index is -4.25. The lowest BCUT2D eigenvalue weighted by Gasteiger charge is -2.33. The number of hydrogen-bond acceptors (Lipinski definition) is 6. The number of nitrogens with one attached hydrogen (secondary N) is 1. The van der Waals surface area contributed by atoms with Gasteiger partial charge in [0.05, 0.1) is 24.8 Å². The highest BCUT2D eigenvalue weighted by Crippen LogP contribution is 2.32. The van der Waals surface area contributed by atoms with Gasteiger partial charge >= 0.3 is 0 Å². The Bertz CT molecular complexity index is 1460. The zero-order valence-corrected chi connectivity index (χ0v) is 26.7. The topological polar surface area (TPSA) is 105 Å². The Morgan fingerprint density at radius 3 is 2.12 bits per heavy atom. The number of benzene rings is 3. The number of sulfonamides is 1. The van der Waals surface area contributed by atoms with Gasteiger partial charge in [0.25, 0.3) is 10.0 Å². The standard InChI is InChI=1S/C33H43N3O6S/c1-7-25(4)34-33(38)29(8-2)35(21-20-26-12-10-9-11-13-26)32(37)23-36(27-16-14-24(3)15-17-27)43(39,40)28-18-19-30(41-5)31(22-28)42-6/h9-19,22,25,29H,7-8,20-21,23H2,1-6H3,(H,34,38)/t25-,29+/m1/s1. The number of ether oxygens (including phenoxy) is 2. The van der Waals surface area contributed by atoms with E-state index in [0.717, 1.165) is 21.9 Å². The number of amides is 2. The Morgan fingerprint density at radius 1 is 0.884 bits per heavy atom. The van der Waals surface area contributed by atoms with Gasteiger partial charge in [0, 0.05) is 18.7 Å². The second-order valence-electron chi connectivity index (χ2n) is 10.4. The quantitative estimate of drug-likeness (QED) is 0.261. The van der Waals surface area contributed by atoms with Crippen molar-refractivity contribution in [1.29, 1.82) is 0 Å². The van der Waals surface area contributed by atoms with Gasteiger partial charge in [-0.3, -0.25) is 13.9 Å². The maximum absolute atomic E-state index is 14.2. The van der Waals surface area contributed by atoms with Gasteiger partial charge in [0.1, 0.15) is 12.6 Å². The predicted molar refractivity (Wildman–Crippen MR) is 169 cm³/mol. The third-order valence-corrected chi connectivity index (χ3v) is 9.18. The van der Waals surface area contributed by atoms with E-state index in [1.165, 1.54) is 37.3 Å². The summed E-state index contributed by atoms with van der Waals surface area (Å²) in [6, 6.07) is 20.1. The fourth-order valence-corrected chi connectivity index (χ4v) is 6.11. The zero-order valence-electron chi connectivity index (χ0n) is 25.9. The van der Waals surface area contributed by atoms with Crippen molar-refractivity contribution < 1.29 is 27.5 Å². The molecule has 0 radical (unpaired) electrons. The van der Waals surface area contributed by atoms with Crippen molar-refractivity contribution in [3.63, 3.8) is 0 Å². The number of anilines is 1. The van der Waals surface area contributed by atoms with Crippen LogP contribution in [0.15, 0.2) is 77.7 Å². The SMILES string of the molecule is CC[C@@H](C)NC(=O)[C@H](CC)N(CCc1ccccc1)C(=O)CN(c1ccc(C)cc1)S(=O)(=O)c1ccc(OC)c(OC)c1. The van der Waals surface area contributed by atoms with Gasteiger partial charge in [0.2, 0.25) is 11.8 Å². The Hall–Kier alpha value is -4.05. The Balaban J connectivity index is 2.05. The summed E-state index contributed by atoms with van der Waals surface area (Å²) >= 11 is 0. The summed E-state index contributed by atoms with van der Waals surface area (Å²) in [6.07, 6.45) is 1.62. The van der Waals surface area contributed by atoms with Crippen molar-refractivity contribution in [2.75, 3.05) is 31.6 Å². The van der Waals surface area contributed by atoms with Crippen LogP contribution in [0.2, 0.25) is 0 Å². The van der Waals surface area contributed by atoms with Gasteiger partial charge in [-0.2, -0.15) is 0 Å². The van der Waals surface area contributed by atoms with Crippen molar-refractivity contribution >= 4 is 27.5 Å². The highest BCUT2D eigenvalue weighted by atomic mass is 32.2. The molecule has 0 saturated carbocycles. The lowest BCUT2D eigenvalue weighted by Crippen LogP contribution is -2.54. The smallest absolute Gasteiger partial charge is 0.264 e. The maximum Gasteiger partial charge on any atom is 0.264 e. The second-order valence-corrected chi connectivity index (χ2v) is 12.3.